The van der Waals surface area contributed by atoms with Crippen LogP contribution in [0.1, 0.15) is 0 Å². The highest BCUT2D eigenvalue weighted by molar-refractivity contribution is 6.71. The van der Waals surface area contributed by atoms with Crippen LogP contribution in [0.15, 0.2) is 51.3 Å². The first-order valence-electron chi connectivity index (χ1n) is 17.2. The number of rotatable bonds is 3. The maximum atomic E-state index is 6.92. The molecule has 0 fully saturated rings. The summed E-state index contributed by atoms with van der Waals surface area (Å²) >= 11 is 6.81. The molecule has 0 bridgehead atoms. The summed E-state index contributed by atoms with van der Waals surface area (Å²) in [4.78, 5) is 14.7. The first-order valence-corrected chi connectivity index (χ1v) is 17.5. The summed E-state index contributed by atoms with van der Waals surface area (Å²) in [6.07, 6.45) is 0. The zero-order valence-electron chi connectivity index (χ0n) is 30.6. The van der Waals surface area contributed by atoms with Gasteiger partial charge in [0.1, 0.15) is 109 Å². The van der Waals surface area contributed by atoms with E-state index in [-0.39, 0.29) is 5.28 Å². The van der Waals surface area contributed by atoms with Gasteiger partial charge in [-0.15, -0.1) is 16.4 Å². The van der Waals surface area contributed by atoms with E-state index in [0.29, 0.717) is 11.6 Å². The summed E-state index contributed by atoms with van der Waals surface area (Å²) in [7, 11) is 24.3. The fraction of sp³-hybridized carbons (Fsp3) is 0. The van der Waals surface area contributed by atoms with E-state index < -0.39 is 0 Å². The van der Waals surface area contributed by atoms with Gasteiger partial charge >= 0.3 is 0 Å². The number of hydrogen-bond donors (Lipinski definition) is 0. The third-order valence-electron chi connectivity index (χ3n) is 11.8. The van der Waals surface area contributed by atoms with Crippen molar-refractivity contribution < 1.29 is 8.83 Å². The van der Waals surface area contributed by atoms with Crippen molar-refractivity contribution in [2.45, 2.75) is 0 Å². The molecule has 5 aromatic carbocycles. The van der Waals surface area contributed by atoms with Crippen molar-refractivity contribution in [3.8, 4) is 33.9 Å². The molecule has 0 spiro atoms. The molecule has 0 saturated carbocycles. The predicted octanol–water partition coefficient (Wildman–Crippen LogP) is -9.83. The molecule has 8 rings (SSSR count). The first-order chi connectivity index (χ1) is 23.8. The second-order valence-corrected chi connectivity index (χ2v) is 14.4. The van der Waals surface area contributed by atoms with E-state index in [9.17, 15) is 0 Å². The molecule has 0 amide bonds. The minimum atomic E-state index is 0.134. The SMILES string of the molecule is Bc1c(B)c(B)c(-c2c(B)c(B)c3oc4c(B)c(B)c(B)c(-c5nc(Cl)nc(-c6cccc7oc8ccccc8c67)n5)c4c3c2B)c(B)c1B. The van der Waals surface area contributed by atoms with E-state index in [1.807, 2.05) is 36.4 Å². The van der Waals surface area contributed by atoms with Crippen molar-refractivity contribution >= 4 is 202 Å². The van der Waals surface area contributed by atoms with E-state index in [2.05, 4.69) is 97.4 Å². The summed E-state index contributed by atoms with van der Waals surface area (Å²) in [5.74, 6) is 1.02. The van der Waals surface area contributed by atoms with Crippen molar-refractivity contribution in [3.05, 3.63) is 47.7 Å². The van der Waals surface area contributed by atoms with Gasteiger partial charge in [0.05, 0.1) is 0 Å². The molecule has 228 valence electrons. The topological polar surface area (TPSA) is 65.0 Å². The number of nitrogens with zero attached hydrogens (tertiary/aromatic N) is 3. The smallest absolute Gasteiger partial charge is 0.226 e. The third kappa shape index (κ3) is 4.53. The van der Waals surface area contributed by atoms with Crippen molar-refractivity contribution in [1.82, 2.24) is 15.0 Å². The highest BCUT2D eigenvalue weighted by Gasteiger charge is 2.27. The molecule has 17 heteroatoms. The summed E-state index contributed by atoms with van der Waals surface area (Å²) in [5.41, 5.74) is 21.3. The Morgan fingerprint density at radius 3 is 1.66 bits per heavy atom. The number of aromatic nitrogens is 3. The normalized spacial score (nSPS) is 11.8. The van der Waals surface area contributed by atoms with Gasteiger partial charge in [0.2, 0.25) is 5.28 Å². The molecule has 5 nitrogen and oxygen atoms in total. The van der Waals surface area contributed by atoms with Crippen LogP contribution >= 0.6 is 11.6 Å². The molecule has 0 aliphatic heterocycles. The van der Waals surface area contributed by atoms with Crippen LogP contribution in [-0.4, -0.2) is 101 Å². The van der Waals surface area contributed by atoms with E-state index in [1.165, 1.54) is 49.4 Å². The summed E-state index contributed by atoms with van der Waals surface area (Å²) in [6.45, 7) is 0. The molecule has 0 aliphatic rings. The van der Waals surface area contributed by atoms with Gasteiger partial charge in [0.15, 0.2) is 11.6 Å². The molecule has 3 heterocycles. The Morgan fingerprint density at radius 2 is 0.940 bits per heavy atom. The van der Waals surface area contributed by atoms with Crippen molar-refractivity contribution in [1.29, 1.82) is 0 Å². The largest absolute Gasteiger partial charge is 0.457 e. The number of para-hydroxylation sites is 1. The van der Waals surface area contributed by atoms with Crippen LogP contribution in [0.3, 0.4) is 0 Å². The van der Waals surface area contributed by atoms with E-state index in [0.717, 1.165) is 76.9 Å². The van der Waals surface area contributed by atoms with E-state index in [1.54, 1.807) is 0 Å². The summed E-state index contributed by atoms with van der Waals surface area (Å²) in [5, 5.41) is 4.19. The standard InChI is InChI=1S/C33H29B11ClN3O2/c34-18-14(15-19(35)23(39)26(42)24(40)20(15)36)21(37)27(43)30-16(18)13-17(22(38)25(41)28(44)29(13)50-30)32-46-31(47-33(45)48-32)9-5-3-7-11-12(9)8-4-1-2-6-10(8)49-11/h1-7H,34-44H2. The van der Waals surface area contributed by atoms with Gasteiger partial charge in [-0.05, 0) is 34.9 Å². The van der Waals surface area contributed by atoms with Crippen LogP contribution in [0.25, 0.3) is 77.8 Å². The quantitative estimate of drug-likeness (QED) is 0.178. The van der Waals surface area contributed by atoms with Crippen LogP contribution in [0.2, 0.25) is 5.28 Å². The second kappa shape index (κ2) is 11.6. The van der Waals surface area contributed by atoms with Crippen LogP contribution in [-0.2, 0) is 0 Å². The molecule has 0 unspecified atom stereocenters. The maximum Gasteiger partial charge on any atom is 0.226 e. The van der Waals surface area contributed by atoms with Crippen LogP contribution in [0, 0.1) is 0 Å². The predicted molar refractivity (Wildman–Crippen MR) is 246 cm³/mol. The zero-order chi connectivity index (χ0) is 35.5. The maximum absolute atomic E-state index is 6.92. The third-order valence-corrected chi connectivity index (χ3v) is 11.9. The molecule has 8 aromatic rings. The van der Waals surface area contributed by atoms with E-state index >= 15 is 0 Å². The minimum absolute atomic E-state index is 0.134. The molecule has 50 heavy (non-hydrogen) atoms. The highest BCUT2D eigenvalue weighted by atomic mass is 35.5. The molecular weight excluding hydrogens is 625 g/mol. The lowest BCUT2D eigenvalue weighted by Crippen LogP contribution is -2.56. The Bertz CT molecular complexity index is 2790. The van der Waals surface area contributed by atoms with Crippen molar-refractivity contribution in [3.63, 3.8) is 0 Å². The average Bonchev–Trinajstić information content (AvgIpc) is 3.69. The minimum Gasteiger partial charge on any atom is -0.457 e. The Labute approximate surface area is 306 Å². The molecule has 0 aliphatic carbocycles. The zero-order valence-corrected chi connectivity index (χ0v) is 31.3. The highest BCUT2D eigenvalue weighted by Crippen LogP contribution is 2.37. The van der Waals surface area contributed by atoms with Gasteiger partial charge in [0, 0.05) is 32.7 Å². The lowest BCUT2D eigenvalue weighted by Gasteiger charge is -2.25. The van der Waals surface area contributed by atoms with E-state index in [4.69, 9.17) is 30.4 Å². The Hall–Kier alpha value is -4.29. The van der Waals surface area contributed by atoms with Gasteiger partial charge in [-0.1, -0.05) is 74.0 Å². The Kier molecular flexibility index (Phi) is 7.65. The molecule has 0 atom stereocenters. The number of benzene rings is 5. The fourth-order valence-corrected chi connectivity index (χ4v) is 8.38. The number of furan rings is 2. The lowest BCUT2D eigenvalue weighted by molar-refractivity contribution is 0.669. The van der Waals surface area contributed by atoms with Gasteiger partial charge in [-0.2, -0.15) is 9.97 Å². The monoisotopic (exact) mass is 655 g/mol. The molecule has 3 aromatic heterocycles. The average molecular weight is 654 g/mol. The fourth-order valence-electron chi connectivity index (χ4n) is 8.22. The second-order valence-electron chi connectivity index (χ2n) is 14.0. The lowest BCUT2D eigenvalue weighted by atomic mass is 9.57. The molecular formula is C33H29B11ClN3O2. The van der Waals surface area contributed by atoms with Gasteiger partial charge in [-0.25, -0.2) is 4.98 Å². The Morgan fingerprint density at radius 1 is 0.420 bits per heavy atom. The molecule has 0 radical (unpaired) electrons. The van der Waals surface area contributed by atoms with Crippen LogP contribution < -0.4 is 60.1 Å². The molecule has 0 saturated heterocycles. The Balaban J connectivity index is 1.49. The van der Waals surface area contributed by atoms with Crippen LogP contribution in [0.4, 0.5) is 0 Å². The van der Waals surface area contributed by atoms with Crippen molar-refractivity contribution in [2.24, 2.45) is 0 Å². The first kappa shape index (κ1) is 32.9. The molecule has 0 N–H and O–H groups in total. The van der Waals surface area contributed by atoms with Gasteiger partial charge < -0.3 is 8.83 Å². The summed E-state index contributed by atoms with van der Waals surface area (Å²) < 4.78 is 13.1. The summed E-state index contributed by atoms with van der Waals surface area (Å²) in [6, 6.07) is 14.0. The van der Waals surface area contributed by atoms with Gasteiger partial charge in [0.25, 0.3) is 0 Å². The number of hydrogen-bond acceptors (Lipinski definition) is 5. The van der Waals surface area contributed by atoms with Gasteiger partial charge in [-0.3, -0.25) is 0 Å². The van der Waals surface area contributed by atoms with Crippen LogP contribution in [0.5, 0.6) is 0 Å². The number of halogens is 1. The number of fused-ring (bicyclic) bond motifs is 6. The van der Waals surface area contributed by atoms with Crippen molar-refractivity contribution in [2.75, 3.05) is 0 Å².